The molecule has 4 heteroatoms. The van der Waals surface area contributed by atoms with E-state index in [1.54, 1.807) is 0 Å². The quantitative estimate of drug-likeness (QED) is 0.661. The molecule has 29 heavy (non-hydrogen) atoms. The van der Waals surface area contributed by atoms with Crippen LogP contribution in [-0.4, -0.2) is 22.5 Å². The second kappa shape index (κ2) is 6.99. The summed E-state index contributed by atoms with van der Waals surface area (Å²) in [4.78, 5) is 24.7. The summed E-state index contributed by atoms with van der Waals surface area (Å²) in [6.07, 6.45) is 9.85. The Kier molecular flexibility index (Phi) is 5.10. The Labute approximate surface area is 176 Å². The molecule has 0 saturated heterocycles. The first-order valence-electron chi connectivity index (χ1n) is 12.0. The highest BCUT2D eigenvalue weighted by molar-refractivity contribution is 5.80. The Balaban J connectivity index is 1.53. The van der Waals surface area contributed by atoms with Crippen LogP contribution in [-0.2, 0) is 9.59 Å². The van der Waals surface area contributed by atoms with Gasteiger partial charge in [-0.05, 0) is 113 Å². The second-order valence-corrected chi connectivity index (χ2v) is 12.4. The molecule has 4 fully saturated rings. The van der Waals surface area contributed by atoms with E-state index in [1.807, 2.05) is 0 Å². The minimum atomic E-state index is -0.589. The van der Waals surface area contributed by atoms with Gasteiger partial charge in [0.15, 0.2) is 0 Å². The highest BCUT2D eigenvalue weighted by atomic mass is 16.4. The molecule has 4 saturated carbocycles. The third-order valence-electron chi connectivity index (χ3n) is 9.83. The van der Waals surface area contributed by atoms with Crippen molar-refractivity contribution < 1.29 is 14.7 Å². The first-order valence-corrected chi connectivity index (χ1v) is 12.0. The van der Waals surface area contributed by atoms with Gasteiger partial charge in [-0.25, -0.2) is 0 Å². The lowest BCUT2D eigenvalue weighted by Gasteiger charge is -2.61. The first-order chi connectivity index (χ1) is 13.5. The molecule has 164 valence electrons. The number of carboxylic acids is 1. The van der Waals surface area contributed by atoms with Crippen molar-refractivity contribution in [3.8, 4) is 0 Å². The molecule has 0 aliphatic heterocycles. The summed E-state index contributed by atoms with van der Waals surface area (Å²) in [7, 11) is 0. The summed E-state index contributed by atoms with van der Waals surface area (Å²) in [5, 5.41) is 12.8. The maximum absolute atomic E-state index is 13.1. The van der Waals surface area contributed by atoms with Gasteiger partial charge in [-0.2, -0.15) is 0 Å². The van der Waals surface area contributed by atoms with Crippen molar-refractivity contribution in [3.63, 3.8) is 0 Å². The van der Waals surface area contributed by atoms with Crippen LogP contribution in [0.25, 0.3) is 0 Å². The van der Waals surface area contributed by atoms with Crippen molar-refractivity contribution in [2.75, 3.05) is 0 Å². The topological polar surface area (TPSA) is 66.4 Å². The first kappa shape index (κ1) is 21.2. The van der Waals surface area contributed by atoms with Crippen LogP contribution < -0.4 is 5.32 Å². The van der Waals surface area contributed by atoms with Crippen molar-refractivity contribution >= 4 is 11.9 Å². The molecule has 0 aromatic heterocycles. The molecular weight excluding hydrogens is 362 g/mol. The van der Waals surface area contributed by atoms with Crippen molar-refractivity contribution in [3.05, 3.63) is 0 Å². The second-order valence-electron chi connectivity index (χ2n) is 12.4. The molecule has 2 N–H and O–H groups in total. The molecule has 4 rings (SSSR count). The number of aliphatic carboxylic acids is 1. The van der Waals surface area contributed by atoms with Crippen molar-refractivity contribution in [1.29, 1.82) is 0 Å². The molecule has 8 atom stereocenters. The number of carbonyl (C=O) groups is 2. The summed E-state index contributed by atoms with van der Waals surface area (Å²) < 4.78 is 0. The van der Waals surface area contributed by atoms with Gasteiger partial charge < -0.3 is 10.4 Å². The smallest absolute Gasteiger partial charge is 0.306 e. The van der Waals surface area contributed by atoms with Gasteiger partial charge in [-0.15, -0.1) is 0 Å². The van der Waals surface area contributed by atoms with Crippen molar-refractivity contribution in [1.82, 2.24) is 5.32 Å². The fourth-order valence-electron chi connectivity index (χ4n) is 8.37. The monoisotopic (exact) mass is 403 g/mol. The van der Waals surface area contributed by atoms with Gasteiger partial charge in [0.1, 0.15) is 0 Å². The molecule has 4 aliphatic carbocycles. The molecule has 0 radical (unpaired) electrons. The van der Waals surface area contributed by atoms with Gasteiger partial charge in [-0.1, -0.05) is 13.8 Å². The lowest BCUT2D eigenvalue weighted by Crippen LogP contribution is -2.55. The molecule has 0 spiro atoms. The van der Waals surface area contributed by atoms with Gasteiger partial charge in [-0.3, -0.25) is 9.59 Å². The summed E-state index contributed by atoms with van der Waals surface area (Å²) in [6, 6.07) is 0. The Morgan fingerprint density at radius 2 is 1.55 bits per heavy atom. The van der Waals surface area contributed by atoms with Crippen LogP contribution in [0.2, 0.25) is 0 Å². The summed E-state index contributed by atoms with van der Waals surface area (Å²) in [5.74, 6) is 2.38. The molecule has 4 nitrogen and oxygen atoms in total. The molecule has 0 heterocycles. The zero-order chi connectivity index (χ0) is 21.2. The third kappa shape index (κ3) is 3.43. The summed E-state index contributed by atoms with van der Waals surface area (Å²) in [6.45, 7) is 11.1. The number of carboxylic acid groups (broad SMARTS) is 1. The van der Waals surface area contributed by atoms with Crippen LogP contribution in [0.15, 0.2) is 0 Å². The maximum atomic E-state index is 13.1. The zero-order valence-electron chi connectivity index (χ0n) is 19.1. The normalized spacial score (nSPS) is 46.9. The predicted molar refractivity (Wildman–Crippen MR) is 114 cm³/mol. The number of nitrogens with one attached hydrogen (secondary N) is 1. The van der Waals surface area contributed by atoms with Crippen LogP contribution in [0.4, 0.5) is 0 Å². The SMILES string of the molecule is CC(C)(C)NC(=O)C1CC[C@H]2[C@@H]3CCC4CC(C(=O)O)CC[C@]4(C)[C@@H]3CC[C@]12C. The fraction of sp³-hybridized carbons (Fsp3) is 0.920. The fourth-order valence-corrected chi connectivity index (χ4v) is 8.37. The van der Waals surface area contributed by atoms with Crippen LogP contribution in [0, 0.1) is 46.3 Å². The number of fused-ring (bicyclic) bond motifs is 5. The van der Waals surface area contributed by atoms with E-state index < -0.39 is 5.97 Å². The van der Waals surface area contributed by atoms with E-state index in [0.717, 1.165) is 43.9 Å². The number of carbonyl (C=O) groups excluding carboxylic acids is 1. The number of hydrogen-bond acceptors (Lipinski definition) is 2. The molecular formula is C25H41NO3. The highest BCUT2D eigenvalue weighted by Crippen LogP contribution is 2.67. The van der Waals surface area contributed by atoms with Gasteiger partial charge in [0, 0.05) is 11.5 Å². The molecule has 4 aliphatic rings. The molecule has 0 aromatic carbocycles. The third-order valence-corrected chi connectivity index (χ3v) is 9.83. The summed E-state index contributed by atoms with van der Waals surface area (Å²) >= 11 is 0. The highest BCUT2D eigenvalue weighted by Gasteiger charge is 2.61. The molecule has 0 aromatic rings. The van der Waals surface area contributed by atoms with E-state index in [9.17, 15) is 14.7 Å². The number of rotatable bonds is 2. The van der Waals surface area contributed by atoms with Crippen LogP contribution in [0.1, 0.15) is 92.4 Å². The Morgan fingerprint density at radius 1 is 0.897 bits per heavy atom. The molecule has 1 amide bonds. The van der Waals surface area contributed by atoms with Gasteiger partial charge in [0.2, 0.25) is 5.91 Å². The van der Waals surface area contributed by atoms with Crippen molar-refractivity contribution in [2.24, 2.45) is 46.3 Å². The van der Waals surface area contributed by atoms with Gasteiger partial charge >= 0.3 is 5.97 Å². The largest absolute Gasteiger partial charge is 0.481 e. The van der Waals surface area contributed by atoms with E-state index in [1.165, 1.54) is 25.7 Å². The standard InChI is InChI=1S/C25H41NO3/c1-23(2,3)26-21(27)20-9-8-18-17-7-6-16-14-15(22(28)29)10-12-24(16,4)19(17)11-13-25(18,20)5/h15-20H,6-14H2,1-5H3,(H,26,27)(H,28,29)/t15?,16?,17-,18-,19+,20?,24-,25-/m0/s1. The summed E-state index contributed by atoms with van der Waals surface area (Å²) in [5.41, 5.74) is 0.275. The van der Waals surface area contributed by atoms with E-state index in [-0.39, 0.29) is 28.7 Å². The lowest BCUT2D eigenvalue weighted by molar-refractivity contribution is -0.152. The minimum Gasteiger partial charge on any atom is -0.481 e. The van der Waals surface area contributed by atoms with Crippen molar-refractivity contribution in [2.45, 2.75) is 97.9 Å². The van der Waals surface area contributed by atoms with E-state index >= 15 is 0 Å². The lowest BCUT2D eigenvalue weighted by atomic mass is 9.44. The minimum absolute atomic E-state index is 0.129. The Hall–Kier alpha value is -1.06. The molecule has 3 unspecified atom stereocenters. The number of hydrogen-bond donors (Lipinski definition) is 2. The Morgan fingerprint density at radius 3 is 2.21 bits per heavy atom. The average molecular weight is 404 g/mol. The zero-order valence-corrected chi connectivity index (χ0v) is 19.1. The average Bonchev–Trinajstić information content (AvgIpc) is 2.96. The van der Waals surface area contributed by atoms with Crippen LogP contribution >= 0.6 is 0 Å². The number of amides is 1. The Bertz CT molecular complexity index is 682. The van der Waals surface area contributed by atoms with Gasteiger partial charge in [0.05, 0.1) is 5.92 Å². The predicted octanol–water partition coefficient (Wildman–Crippen LogP) is 5.26. The van der Waals surface area contributed by atoms with Crippen LogP contribution in [0.3, 0.4) is 0 Å². The van der Waals surface area contributed by atoms with Gasteiger partial charge in [0.25, 0.3) is 0 Å². The molecule has 0 bridgehead atoms. The van der Waals surface area contributed by atoms with E-state index in [2.05, 4.69) is 39.9 Å². The van der Waals surface area contributed by atoms with E-state index in [0.29, 0.717) is 17.3 Å². The maximum Gasteiger partial charge on any atom is 0.306 e. The van der Waals surface area contributed by atoms with E-state index in [4.69, 9.17) is 0 Å². The van der Waals surface area contributed by atoms with Crippen LogP contribution in [0.5, 0.6) is 0 Å².